The summed E-state index contributed by atoms with van der Waals surface area (Å²) in [5, 5.41) is 9.37. The van der Waals surface area contributed by atoms with Gasteiger partial charge in [-0.1, -0.05) is 0 Å². The Bertz CT molecular complexity index is 196. The minimum atomic E-state index is -0.871. The van der Waals surface area contributed by atoms with Gasteiger partial charge in [-0.05, 0) is 38.0 Å². The van der Waals surface area contributed by atoms with E-state index in [-0.39, 0.29) is 5.83 Å². The highest BCUT2D eigenvalue weighted by molar-refractivity contribution is 5.32. The Hall–Kier alpha value is -0.630. The molecule has 0 aliphatic heterocycles. The molecule has 0 bridgehead atoms. The van der Waals surface area contributed by atoms with Crippen molar-refractivity contribution in [1.82, 2.24) is 0 Å². The van der Waals surface area contributed by atoms with E-state index in [4.69, 9.17) is 0 Å². The van der Waals surface area contributed by atoms with Gasteiger partial charge in [0.15, 0.2) is 0 Å². The summed E-state index contributed by atoms with van der Waals surface area (Å²) in [6.07, 6.45) is 3.39. The number of hydrogen-bond acceptors (Lipinski definition) is 1. The summed E-state index contributed by atoms with van der Waals surface area (Å²) in [6.45, 7) is 3.32. The first-order chi connectivity index (χ1) is 4.50. The first kappa shape index (κ1) is 7.48. The summed E-state index contributed by atoms with van der Waals surface area (Å²) < 4.78 is 12.4. The topological polar surface area (TPSA) is 20.2 Å². The fourth-order valence-electron chi connectivity index (χ4n) is 0.918. The molecular formula is C8H11FO. The average Bonchev–Trinajstić information content (AvgIpc) is 2.11. The molecule has 0 aromatic heterocycles. The molecule has 1 aliphatic carbocycles. The Morgan fingerprint density at radius 3 is 2.40 bits per heavy atom. The molecule has 0 spiro atoms. The Balaban J connectivity index is 2.73. The fraction of sp³-hybridized carbons (Fsp3) is 0.500. The van der Waals surface area contributed by atoms with E-state index in [0.29, 0.717) is 6.42 Å². The maximum Gasteiger partial charge on any atom is 0.119 e. The molecule has 2 heteroatoms. The van der Waals surface area contributed by atoms with Crippen LogP contribution in [-0.2, 0) is 0 Å². The van der Waals surface area contributed by atoms with E-state index >= 15 is 0 Å². The van der Waals surface area contributed by atoms with E-state index in [2.05, 4.69) is 0 Å². The van der Waals surface area contributed by atoms with Crippen LogP contribution in [0.2, 0.25) is 0 Å². The zero-order valence-corrected chi connectivity index (χ0v) is 6.19. The lowest BCUT2D eigenvalue weighted by Gasteiger charge is -2.18. The SMILES string of the molecule is CC(C)(O)C1=CC(F)=CC1. The highest BCUT2D eigenvalue weighted by atomic mass is 19.1. The van der Waals surface area contributed by atoms with Crippen molar-refractivity contribution in [2.75, 3.05) is 0 Å². The molecular weight excluding hydrogens is 131 g/mol. The first-order valence-corrected chi connectivity index (χ1v) is 3.29. The third-order valence-corrected chi connectivity index (χ3v) is 1.61. The van der Waals surface area contributed by atoms with Crippen LogP contribution in [0, 0.1) is 0 Å². The van der Waals surface area contributed by atoms with E-state index in [1.54, 1.807) is 13.8 Å². The van der Waals surface area contributed by atoms with Gasteiger partial charge in [0.2, 0.25) is 0 Å². The minimum absolute atomic E-state index is 0.239. The second kappa shape index (κ2) is 2.20. The molecule has 0 fully saturated rings. The largest absolute Gasteiger partial charge is 0.386 e. The predicted octanol–water partition coefficient (Wildman–Crippen LogP) is 1.94. The van der Waals surface area contributed by atoms with Crippen molar-refractivity contribution < 1.29 is 9.50 Å². The lowest BCUT2D eigenvalue weighted by molar-refractivity contribution is 0.118. The van der Waals surface area contributed by atoms with E-state index in [1.807, 2.05) is 0 Å². The van der Waals surface area contributed by atoms with Crippen LogP contribution in [0.3, 0.4) is 0 Å². The molecule has 0 atom stereocenters. The van der Waals surface area contributed by atoms with E-state index in [0.717, 1.165) is 5.57 Å². The summed E-state index contributed by atoms with van der Waals surface area (Å²) in [6, 6.07) is 0. The van der Waals surface area contributed by atoms with Crippen LogP contribution in [0.4, 0.5) is 4.39 Å². The fourth-order valence-corrected chi connectivity index (χ4v) is 0.918. The van der Waals surface area contributed by atoms with Gasteiger partial charge in [-0.2, -0.15) is 0 Å². The summed E-state index contributed by atoms with van der Waals surface area (Å²) in [5.74, 6) is -0.239. The minimum Gasteiger partial charge on any atom is -0.386 e. The average molecular weight is 142 g/mol. The highest BCUT2D eigenvalue weighted by Crippen LogP contribution is 2.27. The molecule has 0 radical (unpaired) electrons. The molecule has 0 saturated heterocycles. The summed E-state index contributed by atoms with van der Waals surface area (Å²) in [5.41, 5.74) is -0.130. The molecule has 0 heterocycles. The zero-order chi connectivity index (χ0) is 7.78. The summed E-state index contributed by atoms with van der Waals surface area (Å²) >= 11 is 0. The Kier molecular flexibility index (Phi) is 1.65. The van der Waals surface area contributed by atoms with Crippen molar-refractivity contribution >= 4 is 0 Å². The predicted molar refractivity (Wildman–Crippen MR) is 38.2 cm³/mol. The van der Waals surface area contributed by atoms with E-state index in [1.165, 1.54) is 12.2 Å². The molecule has 0 saturated carbocycles. The van der Waals surface area contributed by atoms with Gasteiger partial charge in [-0.15, -0.1) is 0 Å². The Morgan fingerprint density at radius 1 is 1.60 bits per heavy atom. The normalized spacial score (nSPS) is 18.8. The molecule has 1 aliphatic rings. The van der Waals surface area contributed by atoms with E-state index < -0.39 is 5.60 Å². The Morgan fingerprint density at radius 2 is 2.20 bits per heavy atom. The van der Waals surface area contributed by atoms with Crippen molar-refractivity contribution in [3.05, 3.63) is 23.6 Å². The standard InChI is InChI=1S/C8H11FO/c1-8(2,10)6-3-4-7(9)5-6/h4-5,10H,3H2,1-2H3. The third kappa shape index (κ3) is 1.45. The van der Waals surface area contributed by atoms with Gasteiger partial charge < -0.3 is 5.11 Å². The van der Waals surface area contributed by atoms with Gasteiger partial charge in [0.05, 0.1) is 5.60 Å². The third-order valence-electron chi connectivity index (χ3n) is 1.61. The van der Waals surface area contributed by atoms with Crippen molar-refractivity contribution in [3.8, 4) is 0 Å². The molecule has 0 unspecified atom stereocenters. The number of hydrogen-bond donors (Lipinski definition) is 1. The number of rotatable bonds is 1. The quantitative estimate of drug-likeness (QED) is 0.593. The monoisotopic (exact) mass is 142 g/mol. The van der Waals surface area contributed by atoms with Gasteiger partial charge in [-0.3, -0.25) is 0 Å². The lowest BCUT2D eigenvalue weighted by atomic mass is 9.98. The second-order valence-electron chi connectivity index (χ2n) is 3.02. The molecule has 0 aromatic carbocycles. The summed E-state index contributed by atoms with van der Waals surface area (Å²) in [7, 11) is 0. The molecule has 0 amide bonds. The molecule has 0 aromatic rings. The van der Waals surface area contributed by atoms with Crippen LogP contribution >= 0.6 is 0 Å². The van der Waals surface area contributed by atoms with Crippen molar-refractivity contribution in [2.45, 2.75) is 25.9 Å². The smallest absolute Gasteiger partial charge is 0.119 e. The van der Waals surface area contributed by atoms with Crippen LogP contribution < -0.4 is 0 Å². The summed E-state index contributed by atoms with van der Waals surface area (Å²) in [4.78, 5) is 0. The molecule has 1 N–H and O–H groups in total. The number of allylic oxidation sites excluding steroid dienone is 3. The first-order valence-electron chi connectivity index (χ1n) is 3.29. The zero-order valence-electron chi connectivity index (χ0n) is 6.19. The van der Waals surface area contributed by atoms with Crippen molar-refractivity contribution in [2.24, 2.45) is 0 Å². The van der Waals surface area contributed by atoms with Crippen LogP contribution in [0.25, 0.3) is 0 Å². The molecule has 1 nitrogen and oxygen atoms in total. The van der Waals surface area contributed by atoms with E-state index in [9.17, 15) is 9.50 Å². The van der Waals surface area contributed by atoms with Crippen molar-refractivity contribution in [1.29, 1.82) is 0 Å². The van der Waals surface area contributed by atoms with Gasteiger partial charge in [0, 0.05) is 0 Å². The van der Waals surface area contributed by atoms with Crippen molar-refractivity contribution in [3.63, 3.8) is 0 Å². The van der Waals surface area contributed by atoms with Gasteiger partial charge >= 0.3 is 0 Å². The van der Waals surface area contributed by atoms with Crippen LogP contribution in [0.5, 0.6) is 0 Å². The maximum absolute atomic E-state index is 12.4. The molecule has 1 rings (SSSR count). The maximum atomic E-state index is 12.4. The van der Waals surface area contributed by atoms with Gasteiger partial charge in [0.1, 0.15) is 5.83 Å². The molecule has 10 heavy (non-hydrogen) atoms. The van der Waals surface area contributed by atoms with Gasteiger partial charge in [0.25, 0.3) is 0 Å². The van der Waals surface area contributed by atoms with Crippen LogP contribution in [0.1, 0.15) is 20.3 Å². The number of aliphatic hydroxyl groups is 1. The number of halogens is 1. The second-order valence-corrected chi connectivity index (χ2v) is 3.02. The lowest BCUT2D eigenvalue weighted by Crippen LogP contribution is -2.20. The highest BCUT2D eigenvalue weighted by Gasteiger charge is 2.21. The van der Waals surface area contributed by atoms with Crippen LogP contribution in [0.15, 0.2) is 23.6 Å². The van der Waals surface area contributed by atoms with Crippen LogP contribution in [-0.4, -0.2) is 10.7 Å². The molecule has 56 valence electrons. The Labute approximate surface area is 59.9 Å². The van der Waals surface area contributed by atoms with Gasteiger partial charge in [-0.25, -0.2) is 4.39 Å².